The van der Waals surface area contributed by atoms with Crippen LogP contribution in [0.5, 0.6) is 0 Å². The lowest BCUT2D eigenvalue weighted by Gasteiger charge is -2.13. The molecule has 0 unspecified atom stereocenters. The number of hydrogen-bond acceptors (Lipinski definition) is 1. The minimum absolute atomic E-state index is 0.322. The number of nitrogens with zero attached hydrogens (tertiary/aromatic N) is 1. The highest BCUT2D eigenvalue weighted by atomic mass is 19.4. The smallest absolute Gasteiger partial charge is 0.261 e. The second-order valence-corrected chi connectivity index (χ2v) is 2.99. The number of hydrogen-bond donors (Lipinski definition) is 0. The Kier molecular flexibility index (Phi) is 3.13. The van der Waals surface area contributed by atoms with E-state index in [1.165, 1.54) is 6.20 Å². The van der Waals surface area contributed by atoms with Crippen LogP contribution in [0.1, 0.15) is 30.7 Å². The number of rotatable bonds is 2. The Hall–Kier alpha value is -1.06. The first-order valence-corrected chi connectivity index (χ1v) is 4.54. The standard InChI is InChI=1S/C10H12F3N/c1-3-7-8(10(11,12)13)5-6-14-9(7)4-2/h5-6H,3-4H2,1-2H3. The van der Waals surface area contributed by atoms with Crippen LogP contribution < -0.4 is 0 Å². The molecule has 0 fully saturated rings. The van der Waals surface area contributed by atoms with Crippen LogP contribution >= 0.6 is 0 Å². The lowest BCUT2D eigenvalue weighted by molar-refractivity contribution is -0.138. The van der Waals surface area contributed by atoms with Crippen LogP contribution in [0.3, 0.4) is 0 Å². The summed E-state index contributed by atoms with van der Waals surface area (Å²) in [6.07, 6.45) is -2.14. The van der Waals surface area contributed by atoms with Gasteiger partial charge in [0, 0.05) is 11.9 Å². The van der Waals surface area contributed by atoms with Crippen LogP contribution in [0, 0.1) is 0 Å². The summed E-state index contributed by atoms with van der Waals surface area (Å²) in [6, 6.07) is 1.04. The maximum Gasteiger partial charge on any atom is 0.416 e. The molecular weight excluding hydrogens is 191 g/mol. The molecular formula is C10H12F3N. The highest BCUT2D eigenvalue weighted by molar-refractivity contribution is 5.32. The molecule has 0 saturated heterocycles. The van der Waals surface area contributed by atoms with Gasteiger partial charge in [-0.2, -0.15) is 13.2 Å². The minimum atomic E-state index is -4.27. The number of alkyl halides is 3. The highest BCUT2D eigenvalue weighted by Crippen LogP contribution is 2.32. The van der Waals surface area contributed by atoms with Crippen molar-refractivity contribution in [2.75, 3.05) is 0 Å². The van der Waals surface area contributed by atoms with Crippen LogP contribution in [0.2, 0.25) is 0 Å². The van der Waals surface area contributed by atoms with Gasteiger partial charge in [-0.3, -0.25) is 4.98 Å². The Labute approximate surface area is 81.0 Å². The first-order chi connectivity index (χ1) is 6.50. The summed E-state index contributed by atoms with van der Waals surface area (Å²) in [5.74, 6) is 0. The first-order valence-electron chi connectivity index (χ1n) is 4.54. The summed E-state index contributed by atoms with van der Waals surface area (Å²) >= 11 is 0. The van der Waals surface area contributed by atoms with E-state index in [1.54, 1.807) is 6.92 Å². The van der Waals surface area contributed by atoms with E-state index < -0.39 is 11.7 Å². The topological polar surface area (TPSA) is 12.9 Å². The summed E-state index contributed by atoms with van der Waals surface area (Å²) in [7, 11) is 0. The molecule has 0 spiro atoms. The molecule has 0 aliphatic carbocycles. The molecule has 0 radical (unpaired) electrons. The molecule has 1 aromatic rings. The number of halogens is 3. The molecule has 78 valence electrons. The van der Waals surface area contributed by atoms with Crippen LogP contribution in [0.25, 0.3) is 0 Å². The summed E-state index contributed by atoms with van der Waals surface area (Å²) in [4.78, 5) is 3.94. The van der Waals surface area contributed by atoms with Crippen molar-refractivity contribution in [3.8, 4) is 0 Å². The van der Waals surface area contributed by atoms with Gasteiger partial charge in [-0.05, 0) is 24.5 Å². The molecule has 4 heteroatoms. The first kappa shape index (κ1) is 11.0. The maximum atomic E-state index is 12.5. The third kappa shape index (κ3) is 2.05. The molecule has 0 aliphatic heterocycles. The van der Waals surface area contributed by atoms with Gasteiger partial charge in [0.05, 0.1) is 5.56 Å². The van der Waals surface area contributed by atoms with E-state index in [0.29, 0.717) is 24.1 Å². The van der Waals surface area contributed by atoms with Crippen molar-refractivity contribution in [1.82, 2.24) is 4.98 Å². The lowest BCUT2D eigenvalue weighted by atomic mass is 10.0. The Morgan fingerprint density at radius 2 is 1.86 bits per heavy atom. The van der Waals surface area contributed by atoms with E-state index >= 15 is 0 Å². The molecule has 14 heavy (non-hydrogen) atoms. The second-order valence-electron chi connectivity index (χ2n) is 2.99. The van der Waals surface area contributed by atoms with Crippen LogP contribution in [0.4, 0.5) is 13.2 Å². The van der Waals surface area contributed by atoms with Crippen LogP contribution in [-0.4, -0.2) is 4.98 Å². The fraction of sp³-hybridized carbons (Fsp3) is 0.500. The SMILES string of the molecule is CCc1nccc(C(F)(F)F)c1CC. The van der Waals surface area contributed by atoms with E-state index in [9.17, 15) is 13.2 Å². The van der Waals surface area contributed by atoms with Gasteiger partial charge < -0.3 is 0 Å². The molecule has 1 aromatic heterocycles. The van der Waals surface area contributed by atoms with Gasteiger partial charge >= 0.3 is 6.18 Å². The third-order valence-electron chi connectivity index (χ3n) is 2.14. The molecule has 1 heterocycles. The van der Waals surface area contributed by atoms with E-state index in [4.69, 9.17) is 0 Å². The lowest BCUT2D eigenvalue weighted by Crippen LogP contribution is -2.11. The van der Waals surface area contributed by atoms with E-state index in [-0.39, 0.29) is 0 Å². The van der Waals surface area contributed by atoms with Crippen molar-refractivity contribution in [3.05, 3.63) is 29.1 Å². The fourth-order valence-corrected chi connectivity index (χ4v) is 1.50. The van der Waals surface area contributed by atoms with Gasteiger partial charge in [0.25, 0.3) is 0 Å². The van der Waals surface area contributed by atoms with Gasteiger partial charge in [-0.25, -0.2) is 0 Å². The van der Waals surface area contributed by atoms with Crippen molar-refractivity contribution >= 4 is 0 Å². The van der Waals surface area contributed by atoms with Crippen molar-refractivity contribution in [1.29, 1.82) is 0 Å². The molecule has 0 aliphatic rings. The second kappa shape index (κ2) is 3.98. The van der Waals surface area contributed by atoms with Gasteiger partial charge in [-0.1, -0.05) is 13.8 Å². The van der Waals surface area contributed by atoms with Crippen LogP contribution in [0.15, 0.2) is 12.3 Å². The quantitative estimate of drug-likeness (QED) is 0.719. The zero-order valence-corrected chi connectivity index (χ0v) is 8.15. The van der Waals surface area contributed by atoms with Crippen molar-refractivity contribution < 1.29 is 13.2 Å². The third-order valence-corrected chi connectivity index (χ3v) is 2.14. The van der Waals surface area contributed by atoms with Crippen LogP contribution in [-0.2, 0) is 19.0 Å². The number of aromatic nitrogens is 1. The van der Waals surface area contributed by atoms with E-state index in [1.807, 2.05) is 6.92 Å². The van der Waals surface area contributed by atoms with Crippen molar-refractivity contribution in [3.63, 3.8) is 0 Å². The van der Waals surface area contributed by atoms with Gasteiger partial charge in [0.1, 0.15) is 0 Å². The van der Waals surface area contributed by atoms with Crippen molar-refractivity contribution in [2.45, 2.75) is 32.9 Å². The summed E-state index contributed by atoms with van der Waals surface area (Å²) in [5.41, 5.74) is 0.316. The predicted octanol–water partition coefficient (Wildman–Crippen LogP) is 3.23. The van der Waals surface area contributed by atoms with Crippen molar-refractivity contribution in [2.24, 2.45) is 0 Å². The zero-order valence-electron chi connectivity index (χ0n) is 8.15. The molecule has 0 saturated carbocycles. The number of aryl methyl sites for hydroxylation is 1. The molecule has 0 amide bonds. The van der Waals surface area contributed by atoms with Gasteiger partial charge in [0.15, 0.2) is 0 Å². The molecule has 0 atom stereocenters. The minimum Gasteiger partial charge on any atom is -0.261 e. The normalized spacial score (nSPS) is 11.8. The molecule has 0 N–H and O–H groups in total. The number of pyridine rings is 1. The average Bonchev–Trinajstić information content (AvgIpc) is 2.15. The average molecular weight is 203 g/mol. The molecule has 0 bridgehead atoms. The Morgan fingerprint density at radius 1 is 1.21 bits per heavy atom. The monoisotopic (exact) mass is 203 g/mol. The summed E-state index contributed by atoms with van der Waals surface area (Å²) in [6.45, 7) is 3.52. The summed E-state index contributed by atoms with van der Waals surface area (Å²) in [5, 5.41) is 0. The van der Waals surface area contributed by atoms with Gasteiger partial charge in [0.2, 0.25) is 0 Å². The van der Waals surface area contributed by atoms with Gasteiger partial charge in [-0.15, -0.1) is 0 Å². The molecule has 0 aromatic carbocycles. The summed E-state index contributed by atoms with van der Waals surface area (Å²) < 4.78 is 37.6. The Morgan fingerprint density at radius 3 is 2.29 bits per heavy atom. The zero-order chi connectivity index (χ0) is 10.8. The predicted molar refractivity (Wildman–Crippen MR) is 48.0 cm³/mol. The van der Waals surface area contributed by atoms with E-state index in [0.717, 1.165) is 6.07 Å². The highest BCUT2D eigenvalue weighted by Gasteiger charge is 2.33. The Balaban J connectivity index is 3.29. The molecule has 1 nitrogen and oxygen atoms in total. The Bertz CT molecular complexity index is 318. The molecule has 1 rings (SSSR count). The largest absolute Gasteiger partial charge is 0.416 e. The van der Waals surface area contributed by atoms with E-state index in [2.05, 4.69) is 4.98 Å². The maximum absolute atomic E-state index is 12.5. The fourth-order valence-electron chi connectivity index (χ4n) is 1.50.